The smallest absolute Gasteiger partial charge is 0.254 e. The maximum atomic E-state index is 13.0. The Morgan fingerprint density at radius 1 is 1.27 bits per heavy atom. The number of benzene rings is 1. The van der Waals surface area contributed by atoms with Crippen molar-refractivity contribution in [3.63, 3.8) is 0 Å². The summed E-state index contributed by atoms with van der Waals surface area (Å²) in [6, 6.07) is 6.19. The van der Waals surface area contributed by atoms with Crippen LogP contribution in [0.3, 0.4) is 0 Å². The van der Waals surface area contributed by atoms with E-state index in [0.717, 1.165) is 19.3 Å². The number of sulfonamides is 1. The molecule has 0 bridgehead atoms. The summed E-state index contributed by atoms with van der Waals surface area (Å²) < 4.78 is 30.3. The molecule has 1 aliphatic rings. The van der Waals surface area contributed by atoms with Crippen molar-refractivity contribution in [2.75, 3.05) is 5.73 Å². The fourth-order valence-electron chi connectivity index (χ4n) is 3.67. The summed E-state index contributed by atoms with van der Waals surface area (Å²) in [5.41, 5.74) is 6.46. The minimum atomic E-state index is -3.80. The molecule has 0 amide bonds. The van der Waals surface area contributed by atoms with E-state index < -0.39 is 15.6 Å². The molecule has 4 rings (SSSR count). The normalized spacial score (nSPS) is 16.2. The van der Waals surface area contributed by atoms with Crippen LogP contribution in [0.4, 0.5) is 5.82 Å². The lowest BCUT2D eigenvalue weighted by Crippen LogP contribution is -2.48. The molecule has 2 heterocycles. The predicted octanol–water partition coefficient (Wildman–Crippen LogP) is 2.70. The van der Waals surface area contributed by atoms with Crippen LogP contribution in [0, 0.1) is 18.8 Å². The first-order valence-electron chi connectivity index (χ1n) is 9.58. The van der Waals surface area contributed by atoms with Crippen LogP contribution in [0.15, 0.2) is 35.5 Å². The zero-order valence-electron chi connectivity index (χ0n) is 16.4. The SMILES string of the molecule is Cc1nc2ncnn2c(N)c1C#CC1(NS(=O)(=O)c2cccc(Cl)c2)CCCCC1. The van der Waals surface area contributed by atoms with Gasteiger partial charge in [0.05, 0.1) is 21.7 Å². The third kappa shape index (κ3) is 3.99. The molecule has 3 aromatic rings. The van der Waals surface area contributed by atoms with Crippen LogP contribution in [-0.2, 0) is 10.0 Å². The highest BCUT2D eigenvalue weighted by Gasteiger charge is 2.35. The molecule has 2 aromatic heterocycles. The lowest BCUT2D eigenvalue weighted by molar-refractivity contribution is 0.341. The molecular formula is C20H21ClN6O2S. The van der Waals surface area contributed by atoms with Crippen LogP contribution >= 0.6 is 11.6 Å². The Morgan fingerprint density at radius 2 is 2.03 bits per heavy atom. The van der Waals surface area contributed by atoms with E-state index in [1.54, 1.807) is 19.1 Å². The van der Waals surface area contributed by atoms with E-state index in [4.69, 9.17) is 17.3 Å². The summed E-state index contributed by atoms with van der Waals surface area (Å²) in [7, 11) is -3.80. The zero-order valence-corrected chi connectivity index (χ0v) is 18.0. The van der Waals surface area contributed by atoms with Gasteiger partial charge in [0.15, 0.2) is 0 Å². The third-order valence-corrected chi connectivity index (χ3v) is 6.98. The molecule has 30 heavy (non-hydrogen) atoms. The molecule has 3 N–H and O–H groups in total. The molecular weight excluding hydrogens is 424 g/mol. The van der Waals surface area contributed by atoms with E-state index in [2.05, 4.69) is 31.6 Å². The number of aromatic nitrogens is 4. The molecule has 8 nitrogen and oxygen atoms in total. The van der Waals surface area contributed by atoms with Crippen LogP contribution in [0.25, 0.3) is 5.78 Å². The largest absolute Gasteiger partial charge is 0.382 e. The molecule has 10 heteroatoms. The van der Waals surface area contributed by atoms with E-state index in [9.17, 15) is 8.42 Å². The number of fused-ring (bicyclic) bond motifs is 1. The average Bonchev–Trinajstić information content (AvgIpc) is 3.17. The Kier molecular flexibility index (Phi) is 5.40. The first-order valence-corrected chi connectivity index (χ1v) is 11.4. The van der Waals surface area contributed by atoms with Gasteiger partial charge in [-0.3, -0.25) is 0 Å². The molecule has 0 atom stereocenters. The Balaban J connectivity index is 1.74. The number of nitrogen functional groups attached to an aromatic ring is 1. The fraction of sp³-hybridized carbons (Fsp3) is 0.350. The highest BCUT2D eigenvalue weighted by atomic mass is 35.5. The molecule has 0 spiro atoms. The van der Waals surface area contributed by atoms with Gasteiger partial charge < -0.3 is 5.73 Å². The van der Waals surface area contributed by atoms with Crippen molar-refractivity contribution < 1.29 is 8.42 Å². The van der Waals surface area contributed by atoms with Gasteiger partial charge in [0.1, 0.15) is 12.1 Å². The fourth-order valence-corrected chi connectivity index (χ4v) is 5.36. The number of hydrogen-bond donors (Lipinski definition) is 2. The highest BCUT2D eigenvalue weighted by Crippen LogP contribution is 2.30. The van der Waals surface area contributed by atoms with E-state index in [0.29, 0.717) is 40.7 Å². The quantitative estimate of drug-likeness (QED) is 0.600. The predicted molar refractivity (Wildman–Crippen MR) is 114 cm³/mol. The number of aryl methyl sites for hydroxylation is 1. The Hall–Kier alpha value is -2.67. The summed E-state index contributed by atoms with van der Waals surface area (Å²) >= 11 is 5.99. The minimum absolute atomic E-state index is 0.114. The van der Waals surface area contributed by atoms with Gasteiger partial charge in [-0.15, -0.1) is 0 Å². The maximum absolute atomic E-state index is 13.0. The van der Waals surface area contributed by atoms with Gasteiger partial charge in [0, 0.05) is 5.02 Å². The van der Waals surface area contributed by atoms with Gasteiger partial charge >= 0.3 is 0 Å². The minimum Gasteiger partial charge on any atom is -0.382 e. The van der Waals surface area contributed by atoms with Crippen LogP contribution in [-0.4, -0.2) is 33.5 Å². The Labute approximate surface area is 179 Å². The van der Waals surface area contributed by atoms with Crippen molar-refractivity contribution in [3.8, 4) is 11.8 Å². The molecule has 0 saturated heterocycles. The van der Waals surface area contributed by atoms with Crippen molar-refractivity contribution in [2.45, 2.75) is 49.5 Å². The van der Waals surface area contributed by atoms with Crippen LogP contribution < -0.4 is 10.5 Å². The number of halogens is 1. The number of nitrogens with two attached hydrogens (primary N) is 1. The molecule has 1 aliphatic carbocycles. The lowest BCUT2D eigenvalue weighted by Gasteiger charge is -2.33. The first-order chi connectivity index (χ1) is 14.3. The number of nitrogens with one attached hydrogen (secondary N) is 1. The Bertz CT molecular complexity index is 1270. The Morgan fingerprint density at radius 3 is 2.77 bits per heavy atom. The second-order valence-corrected chi connectivity index (χ2v) is 9.50. The molecule has 0 aliphatic heterocycles. The van der Waals surface area contributed by atoms with Crippen molar-refractivity contribution in [2.24, 2.45) is 0 Å². The molecule has 0 unspecified atom stereocenters. The van der Waals surface area contributed by atoms with Gasteiger partial charge in [-0.1, -0.05) is 48.8 Å². The van der Waals surface area contributed by atoms with Crippen molar-refractivity contribution in [1.82, 2.24) is 24.3 Å². The number of anilines is 1. The molecule has 1 saturated carbocycles. The van der Waals surface area contributed by atoms with E-state index in [1.165, 1.54) is 23.0 Å². The van der Waals surface area contributed by atoms with Gasteiger partial charge in [0.2, 0.25) is 10.0 Å². The summed E-state index contributed by atoms with van der Waals surface area (Å²) in [6.07, 6.45) is 5.38. The van der Waals surface area contributed by atoms with Gasteiger partial charge in [-0.05, 0) is 38.0 Å². The first kappa shape index (κ1) is 20.6. The zero-order chi connectivity index (χ0) is 21.4. The molecule has 156 valence electrons. The highest BCUT2D eigenvalue weighted by molar-refractivity contribution is 7.89. The van der Waals surface area contributed by atoms with Gasteiger partial charge in [-0.25, -0.2) is 13.4 Å². The van der Waals surface area contributed by atoms with E-state index >= 15 is 0 Å². The summed E-state index contributed by atoms with van der Waals surface area (Å²) in [6.45, 7) is 1.79. The third-order valence-electron chi connectivity index (χ3n) is 5.21. The van der Waals surface area contributed by atoms with Crippen LogP contribution in [0.2, 0.25) is 5.02 Å². The maximum Gasteiger partial charge on any atom is 0.254 e. The van der Waals surface area contributed by atoms with Crippen molar-refractivity contribution >= 4 is 33.2 Å². The van der Waals surface area contributed by atoms with Crippen molar-refractivity contribution in [1.29, 1.82) is 0 Å². The summed E-state index contributed by atoms with van der Waals surface area (Å²) in [4.78, 5) is 8.53. The average molecular weight is 445 g/mol. The molecule has 1 fully saturated rings. The van der Waals surface area contributed by atoms with Gasteiger partial charge in [0.25, 0.3) is 5.78 Å². The van der Waals surface area contributed by atoms with Gasteiger partial charge in [-0.2, -0.15) is 19.3 Å². The van der Waals surface area contributed by atoms with E-state index in [1.807, 2.05) is 0 Å². The second-order valence-electron chi connectivity index (χ2n) is 7.38. The number of hydrogen-bond acceptors (Lipinski definition) is 6. The summed E-state index contributed by atoms with van der Waals surface area (Å²) in [5, 5.41) is 4.42. The summed E-state index contributed by atoms with van der Waals surface area (Å²) in [5.74, 6) is 6.97. The number of rotatable bonds is 3. The van der Waals surface area contributed by atoms with E-state index in [-0.39, 0.29) is 4.90 Å². The monoisotopic (exact) mass is 444 g/mol. The van der Waals surface area contributed by atoms with Crippen LogP contribution in [0.1, 0.15) is 43.4 Å². The lowest BCUT2D eigenvalue weighted by atomic mass is 9.83. The standard InChI is InChI=1S/C20H21ClN6O2S/c1-14-17(18(22)27-19(25-14)23-13-24-27)8-11-20(9-3-2-4-10-20)26-30(28,29)16-7-5-6-15(21)12-16/h5-7,12-13,26H,2-4,9-10,22H2,1H3. The van der Waals surface area contributed by atoms with Crippen LogP contribution in [0.5, 0.6) is 0 Å². The molecule has 0 radical (unpaired) electrons. The van der Waals surface area contributed by atoms with Crippen molar-refractivity contribution in [3.05, 3.63) is 46.9 Å². The molecule has 1 aromatic carbocycles. The second kappa shape index (κ2) is 7.87. The number of nitrogens with zero attached hydrogens (tertiary/aromatic N) is 4. The topological polar surface area (TPSA) is 115 Å².